The Balaban J connectivity index is 1.52. The topological polar surface area (TPSA) is 67.2 Å². The van der Waals surface area contributed by atoms with Crippen LogP contribution in [0.3, 0.4) is 0 Å². The predicted octanol–water partition coefficient (Wildman–Crippen LogP) is 2.01. The van der Waals surface area contributed by atoms with Gasteiger partial charge in [0.2, 0.25) is 0 Å². The zero-order valence-corrected chi connectivity index (χ0v) is 15.4. The molecular formula is C19H26N6O. The fraction of sp³-hybridized carbons (Fsp3) is 0.579. The van der Waals surface area contributed by atoms with Crippen molar-refractivity contribution in [3.63, 3.8) is 0 Å². The number of hydrogen-bond donors (Lipinski definition) is 0. The van der Waals surface area contributed by atoms with Gasteiger partial charge in [0.1, 0.15) is 5.69 Å². The van der Waals surface area contributed by atoms with Crippen LogP contribution in [0.2, 0.25) is 0 Å². The molecule has 0 radical (unpaired) electrons. The Labute approximate surface area is 154 Å². The summed E-state index contributed by atoms with van der Waals surface area (Å²) in [5.74, 6) is 0.0380. The molecule has 4 heterocycles. The third-order valence-electron chi connectivity index (χ3n) is 5.32. The van der Waals surface area contributed by atoms with E-state index in [0.29, 0.717) is 12.1 Å². The van der Waals surface area contributed by atoms with Crippen LogP contribution in [0.4, 0.5) is 0 Å². The van der Waals surface area contributed by atoms with Crippen LogP contribution in [-0.4, -0.2) is 55.3 Å². The van der Waals surface area contributed by atoms with E-state index in [4.69, 9.17) is 0 Å². The predicted molar refractivity (Wildman–Crippen MR) is 97.5 cm³/mol. The third kappa shape index (κ3) is 3.62. The Bertz CT molecular complexity index is 763. The highest BCUT2D eigenvalue weighted by atomic mass is 16.2. The SMILES string of the molecule is Cc1ccc(C(=O)N2CCCn3nnc(CN4CCCCC4)c3C2)cn1. The Hall–Kier alpha value is -2.28. The maximum Gasteiger partial charge on any atom is 0.255 e. The summed E-state index contributed by atoms with van der Waals surface area (Å²) in [7, 11) is 0. The first-order valence-electron chi connectivity index (χ1n) is 9.56. The number of carbonyl (C=O) groups is 1. The summed E-state index contributed by atoms with van der Waals surface area (Å²) in [4.78, 5) is 21.6. The van der Waals surface area contributed by atoms with Crippen LogP contribution < -0.4 is 0 Å². The molecule has 1 amide bonds. The molecule has 7 heteroatoms. The van der Waals surface area contributed by atoms with E-state index in [1.165, 1.54) is 19.3 Å². The van der Waals surface area contributed by atoms with Gasteiger partial charge in [-0.05, 0) is 51.4 Å². The molecule has 7 nitrogen and oxygen atoms in total. The molecule has 2 aromatic heterocycles. The molecule has 0 unspecified atom stereocenters. The highest BCUT2D eigenvalue weighted by Crippen LogP contribution is 2.20. The van der Waals surface area contributed by atoms with E-state index in [-0.39, 0.29) is 5.91 Å². The normalized spacial score (nSPS) is 18.4. The van der Waals surface area contributed by atoms with Gasteiger partial charge in [0.15, 0.2) is 0 Å². The Morgan fingerprint density at radius 2 is 1.92 bits per heavy atom. The van der Waals surface area contributed by atoms with Crippen LogP contribution in [0.25, 0.3) is 0 Å². The molecule has 138 valence electrons. The molecule has 0 aromatic carbocycles. The second-order valence-electron chi connectivity index (χ2n) is 7.31. The van der Waals surface area contributed by atoms with Gasteiger partial charge in [0, 0.05) is 31.5 Å². The second-order valence-corrected chi connectivity index (χ2v) is 7.31. The fourth-order valence-corrected chi connectivity index (χ4v) is 3.79. The van der Waals surface area contributed by atoms with Gasteiger partial charge in [-0.25, -0.2) is 4.68 Å². The van der Waals surface area contributed by atoms with Gasteiger partial charge >= 0.3 is 0 Å². The summed E-state index contributed by atoms with van der Waals surface area (Å²) in [6.07, 6.45) is 6.41. The summed E-state index contributed by atoms with van der Waals surface area (Å²) in [5.41, 5.74) is 3.67. The van der Waals surface area contributed by atoms with Crippen molar-refractivity contribution < 1.29 is 4.79 Å². The molecule has 0 N–H and O–H groups in total. The lowest BCUT2D eigenvalue weighted by molar-refractivity contribution is 0.0744. The number of carbonyl (C=O) groups excluding carboxylic acids is 1. The van der Waals surface area contributed by atoms with Crippen molar-refractivity contribution in [2.75, 3.05) is 19.6 Å². The first kappa shape index (κ1) is 17.1. The summed E-state index contributed by atoms with van der Waals surface area (Å²) >= 11 is 0. The van der Waals surface area contributed by atoms with Gasteiger partial charge in [0.25, 0.3) is 5.91 Å². The van der Waals surface area contributed by atoms with Crippen LogP contribution >= 0.6 is 0 Å². The minimum absolute atomic E-state index is 0.0380. The number of aryl methyl sites for hydroxylation is 2. The van der Waals surface area contributed by atoms with Crippen molar-refractivity contribution >= 4 is 5.91 Å². The number of fused-ring (bicyclic) bond motifs is 1. The van der Waals surface area contributed by atoms with Crippen molar-refractivity contribution in [3.8, 4) is 0 Å². The van der Waals surface area contributed by atoms with E-state index in [0.717, 1.165) is 56.2 Å². The number of nitrogens with zero attached hydrogens (tertiary/aromatic N) is 6. The first-order valence-corrected chi connectivity index (χ1v) is 9.56. The average Bonchev–Trinajstić information content (AvgIpc) is 2.90. The molecule has 0 spiro atoms. The van der Waals surface area contributed by atoms with Crippen LogP contribution in [0.1, 0.15) is 53.1 Å². The largest absolute Gasteiger partial charge is 0.333 e. The molecular weight excluding hydrogens is 328 g/mol. The van der Waals surface area contributed by atoms with Gasteiger partial charge in [-0.2, -0.15) is 0 Å². The highest BCUT2D eigenvalue weighted by molar-refractivity contribution is 5.93. The number of rotatable bonds is 3. The van der Waals surface area contributed by atoms with Crippen molar-refractivity contribution in [2.24, 2.45) is 0 Å². The van der Waals surface area contributed by atoms with Gasteiger partial charge in [-0.1, -0.05) is 11.6 Å². The summed E-state index contributed by atoms with van der Waals surface area (Å²) < 4.78 is 1.99. The quantitative estimate of drug-likeness (QED) is 0.843. The van der Waals surface area contributed by atoms with Crippen molar-refractivity contribution in [3.05, 3.63) is 41.0 Å². The maximum absolute atomic E-state index is 12.9. The van der Waals surface area contributed by atoms with Crippen molar-refractivity contribution in [1.29, 1.82) is 0 Å². The van der Waals surface area contributed by atoms with E-state index in [1.807, 2.05) is 28.6 Å². The zero-order chi connectivity index (χ0) is 17.9. The molecule has 4 rings (SSSR count). The lowest BCUT2D eigenvalue weighted by Crippen LogP contribution is -2.32. The molecule has 26 heavy (non-hydrogen) atoms. The fourth-order valence-electron chi connectivity index (χ4n) is 3.79. The van der Waals surface area contributed by atoms with E-state index < -0.39 is 0 Å². The molecule has 2 aromatic rings. The number of hydrogen-bond acceptors (Lipinski definition) is 5. The summed E-state index contributed by atoms with van der Waals surface area (Å²) in [6.45, 7) is 7.15. The van der Waals surface area contributed by atoms with E-state index in [9.17, 15) is 4.79 Å². The number of aromatic nitrogens is 4. The van der Waals surface area contributed by atoms with Gasteiger partial charge < -0.3 is 4.90 Å². The second kappa shape index (κ2) is 7.53. The number of piperidine rings is 1. The number of pyridine rings is 1. The molecule has 0 bridgehead atoms. The minimum Gasteiger partial charge on any atom is -0.333 e. The van der Waals surface area contributed by atoms with E-state index in [1.54, 1.807) is 6.20 Å². The number of amides is 1. The van der Waals surface area contributed by atoms with Crippen molar-refractivity contribution in [1.82, 2.24) is 29.8 Å². The van der Waals surface area contributed by atoms with Crippen LogP contribution in [0, 0.1) is 6.92 Å². The minimum atomic E-state index is 0.0380. The van der Waals surface area contributed by atoms with Gasteiger partial charge in [-0.3, -0.25) is 14.7 Å². The average molecular weight is 354 g/mol. The molecule has 0 aliphatic carbocycles. The Kier molecular flexibility index (Phi) is 4.97. The van der Waals surface area contributed by atoms with Gasteiger partial charge in [0.05, 0.1) is 17.8 Å². The first-order chi connectivity index (χ1) is 12.7. The molecule has 1 saturated heterocycles. The molecule has 2 aliphatic rings. The monoisotopic (exact) mass is 354 g/mol. The van der Waals surface area contributed by atoms with Crippen molar-refractivity contribution in [2.45, 2.75) is 52.2 Å². The molecule has 2 aliphatic heterocycles. The zero-order valence-electron chi connectivity index (χ0n) is 15.4. The molecule has 0 saturated carbocycles. The number of likely N-dealkylation sites (tertiary alicyclic amines) is 1. The highest BCUT2D eigenvalue weighted by Gasteiger charge is 2.25. The Morgan fingerprint density at radius 1 is 1.08 bits per heavy atom. The molecule has 0 atom stereocenters. The smallest absolute Gasteiger partial charge is 0.255 e. The lowest BCUT2D eigenvalue weighted by atomic mass is 10.1. The lowest BCUT2D eigenvalue weighted by Gasteiger charge is -2.26. The van der Waals surface area contributed by atoms with E-state index in [2.05, 4.69) is 20.2 Å². The maximum atomic E-state index is 12.9. The van der Waals surface area contributed by atoms with Crippen LogP contribution in [-0.2, 0) is 19.6 Å². The van der Waals surface area contributed by atoms with Crippen LogP contribution in [0.5, 0.6) is 0 Å². The molecule has 1 fully saturated rings. The summed E-state index contributed by atoms with van der Waals surface area (Å²) in [6, 6.07) is 3.75. The van der Waals surface area contributed by atoms with Gasteiger partial charge in [-0.15, -0.1) is 5.10 Å². The summed E-state index contributed by atoms with van der Waals surface area (Å²) in [5, 5.41) is 8.78. The van der Waals surface area contributed by atoms with E-state index >= 15 is 0 Å². The third-order valence-corrected chi connectivity index (χ3v) is 5.32. The Morgan fingerprint density at radius 3 is 2.69 bits per heavy atom. The van der Waals surface area contributed by atoms with Crippen LogP contribution in [0.15, 0.2) is 18.3 Å². The standard InChI is InChI=1S/C19H26N6O/c1-15-6-7-16(12-20-15)19(26)24-10-5-11-25-18(14-24)17(21-22-25)13-23-8-3-2-4-9-23/h6-7,12H,2-5,8-11,13-14H2,1H3.